The highest BCUT2D eigenvalue weighted by atomic mass is 32.2. The van der Waals surface area contributed by atoms with E-state index in [2.05, 4.69) is 29.4 Å². The highest BCUT2D eigenvalue weighted by molar-refractivity contribution is 7.99. The second kappa shape index (κ2) is 9.07. The van der Waals surface area contributed by atoms with Gasteiger partial charge in [0, 0.05) is 0 Å². The molecule has 0 aliphatic heterocycles. The van der Waals surface area contributed by atoms with Gasteiger partial charge in [0.1, 0.15) is 12.9 Å². The molecule has 1 N–H and O–H groups in total. The highest BCUT2D eigenvalue weighted by Gasteiger charge is 2.29. The first-order valence-electron chi connectivity index (χ1n) is 8.16. The Morgan fingerprint density at radius 2 is 1.96 bits per heavy atom. The standard InChI is InChI=1S/C17H21F3N4OS/c1-12(2)8-14(13-6-4-3-5-7-13)22-15(25)9-26-16-23-21-11-24(16)10-17(18,19)20/h3-7,11-12,14H,8-10H2,1-2H3,(H,22,25). The molecule has 1 aromatic heterocycles. The Hall–Kier alpha value is -2.03. The largest absolute Gasteiger partial charge is 0.406 e. The molecule has 1 amide bonds. The molecule has 0 saturated heterocycles. The van der Waals surface area contributed by atoms with Crippen molar-refractivity contribution in [3.05, 3.63) is 42.2 Å². The lowest BCUT2D eigenvalue weighted by atomic mass is 9.97. The van der Waals surface area contributed by atoms with Crippen LogP contribution in [0.5, 0.6) is 0 Å². The first kappa shape index (κ1) is 20.3. The zero-order valence-corrected chi connectivity index (χ0v) is 15.3. The van der Waals surface area contributed by atoms with E-state index in [1.54, 1.807) is 0 Å². The van der Waals surface area contributed by atoms with E-state index in [9.17, 15) is 18.0 Å². The molecule has 0 saturated carbocycles. The van der Waals surface area contributed by atoms with Crippen molar-refractivity contribution in [2.75, 3.05) is 5.75 Å². The van der Waals surface area contributed by atoms with Gasteiger partial charge >= 0.3 is 6.18 Å². The van der Waals surface area contributed by atoms with Gasteiger partial charge in [0.15, 0.2) is 5.16 Å². The summed E-state index contributed by atoms with van der Waals surface area (Å²) in [5.74, 6) is 0.0898. The number of aromatic nitrogens is 3. The Bertz CT molecular complexity index is 704. The molecule has 0 bridgehead atoms. The van der Waals surface area contributed by atoms with Crippen LogP contribution in [-0.2, 0) is 11.3 Å². The van der Waals surface area contributed by atoms with E-state index in [-0.39, 0.29) is 22.9 Å². The number of hydrogen-bond acceptors (Lipinski definition) is 4. The molecule has 1 unspecified atom stereocenters. The molecule has 2 aromatic rings. The smallest absolute Gasteiger partial charge is 0.349 e. The topological polar surface area (TPSA) is 59.8 Å². The number of carbonyl (C=O) groups excluding carboxylic acids is 1. The fraction of sp³-hybridized carbons (Fsp3) is 0.471. The number of hydrogen-bond donors (Lipinski definition) is 1. The first-order chi connectivity index (χ1) is 12.2. The van der Waals surface area contributed by atoms with Gasteiger partial charge in [-0.1, -0.05) is 55.9 Å². The molecule has 0 spiro atoms. The van der Waals surface area contributed by atoms with Crippen molar-refractivity contribution in [1.29, 1.82) is 0 Å². The summed E-state index contributed by atoms with van der Waals surface area (Å²) in [4.78, 5) is 12.3. The Labute approximate surface area is 154 Å². The van der Waals surface area contributed by atoms with Crippen molar-refractivity contribution in [2.45, 2.75) is 44.2 Å². The Morgan fingerprint density at radius 3 is 2.58 bits per heavy atom. The van der Waals surface area contributed by atoms with Gasteiger partial charge in [-0.15, -0.1) is 10.2 Å². The molecule has 5 nitrogen and oxygen atoms in total. The number of rotatable bonds is 8. The van der Waals surface area contributed by atoms with Crippen LogP contribution < -0.4 is 5.32 Å². The van der Waals surface area contributed by atoms with Gasteiger partial charge in [-0.3, -0.25) is 9.36 Å². The third-order valence-corrected chi connectivity index (χ3v) is 4.49. The van der Waals surface area contributed by atoms with Crippen LogP contribution >= 0.6 is 11.8 Å². The van der Waals surface area contributed by atoms with E-state index in [1.807, 2.05) is 30.3 Å². The van der Waals surface area contributed by atoms with Crippen LogP contribution in [0.25, 0.3) is 0 Å². The lowest BCUT2D eigenvalue weighted by Gasteiger charge is -2.21. The Morgan fingerprint density at radius 1 is 1.27 bits per heavy atom. The number of halogens is 3. The Kier molecular flexibility index (Phi) is 7.07. The van der Waals surface area contributed by atoms with Crippen LogP contribution in [0.2, 0.25) is 0 Å². The number of carbonyl (C=O) groups is 1. The van der Waals surface area contributed by atoms with Gasteiger partial charge in [0.2, 0.25) is 5.91 Å². The van der Waals surface area contributed by atoms with Gasteiger partial charge in [0.25, 0.3) is 0 Å². The van der Waals surface area contributed by atoms with Crippen LogP contribution in [0, 0.1) is 5.92 Å². The maximum absolute atomic E-state index is 12.5. The number of thioether (sulfide) groups is 1. The minimum Gasteiger partial charge on any atom is -0.349 e. The van der Waals surface area contributed by atoms with Gasteiger partial charge in [-0.25, -0.2) is 0 Å². The summed E-state index contributed by atoms with van der Waals surface area (Å²) in [5.41, 5.74) is 1.000. The molecule has 26 heavy (non-hydrogen) atoms. The molecule has 2 rings (SSSR count). The lowest BCUT2D eigenvalue weighted by molar-refractivity contribution is -0.142. The zero-order valence-electron chi connectivity index (χ0n) is 14.5. The predicted octanol–water partition coefficient (Wildman–Crippen LogP) is 3.84. The molecule has 1 aromatic carbocycles. The fourth-order valence-electron chi connectivity index (χ4n) is 2.46. The van der Waals surface area contributed by atoms with Crippen molar-refractivity contribution >= 4 is 17.7 Å². The van der Waals surface area contributed by atoms with Crippen molar-refractivity contribution in [2.24, 2.45) is 5.92 Å². The summed E-state index contributed by atoms with van der Waals surface area (Å²) >= 11 is 0.936. The van der Waals surface area contributed by atoms with Gasteiger partial charge in [-0.05, 0) is 17.9 Å². The van der Waals surface area contributed by atoms with E-state index in [1.165, 1.54) is 0 Å². The lowest BCUT2D eigenvalue weighted by Crippen LogP contribution is -2.31. The van der Waals surface area contributed by atoms with Gasteiger partial charge in [-0.2, -0.15) is 13.2 Å². The van der Waals surface area contributed by atoms with Crippen molar-refractivity contribution in [1.82, 2.24) is 20.1 Å². The Balaban J connectivity index is 1.96. The minimum atomic E-state index is -4.37. The van der Waals surface area contributed by atoms with E-state index in [0.29, 0.717) is 5.92 Å². The average Bonchev–Trinajstić information content (AvgIpc) is 2.98. The summed E-state index contributed by atoms with van der Waals surface area (Å²) in [6.45, 7) is 2.96. The van der Waals surface area contributed by atoms with Crippen molar-refractivity contribution in [3.63, 3.8) is 0 Å². The predicted molar refractivity (Wildman–Crippen MR) is 93.6 cm³/mol. The van der Waals surface area contributed by atoms with Crippen LogP contribution in [-0.4, -0.2) is 32.6 Å². The van der Waals surface area contributed by atoms with Gasteiger partial charge < -0.3 is 5.32 Å². The molecule has 142 valence electrons. The second-order valence-electron chi connectivity index (χ2n) is 6.31. The number of nitrogens with zero attached hydrogens (tertiary/aromatic N) is 3. The van der Waals surface area contributed by atoms with Crippen LogP contribution in [0.3, 0.4) is 0 Å². The molecule has 1 atom stereocenters. The molecular formula is C17H21F3N4OS. The third kappa shape index (κ3) is 6.70. The normalized spacial score (nSPS) is 13.0. The molecule has 0 aliphatic carbocycles. The van der Waals surface area contributed by atoms with Crippen LogP contribution in [0.1, 0.15) is 31.9 Å². The molecule has 0 radical (unpaired) electrons. The summed E-state index contributed by atoms with van der Waals surface area (Å²) in [6.07, 6.45) is -2.58. The van der Waals surface area contributed by atoms with Crippen LogP contribution in [0.15, 0.2) is 41.8 Å². The van der Waals surface area contributed by atoms with Crippen LogP contribution in [0.4, 0.5) is 13.2 Å². The summed E-state index contributed by atoms with van der Waals surface area (Å²) in [7, 11) is 0. The zero-order chi connectivity index (χ0) is 19.2. The summed E-state index contributed by atoms with van der Waals surface area (Å²) < 4.78 is 38.4. The summed E-state index contributed by atoms with van der Waals surface area (Å²) in [6, 6.07) is 9.46. The quantitative estimate of drug-likeness (QED) is 0.701. The van der Waals surface area contributed by atoms with Gasteiger partial charge in [0.05, 0.1) is 11.8 Å². The molecular weight excluding hydrogens is 365 g/mol. The third-order valence-electron chi connectivity index (χ3n) is 3.51. The van der Waals surface area contributed by atoms with E-state index in [4.69, 9.17) is 0 Å². The fourth-order valence-corrected chi connectivity index (χ4v) is 3.18. The average molecular weight is 386 g/mol. The molecule has 0 aliphatic rings. The number of alkyl halides is 3. The van der Waals surface area contributed by atoms with E-state index < -0.39 is 12.7 Å². The maximum Gasteiger partial charge on any atom is 0.406 e. The molecule has 1 heterocycles. The highest BCUT2D eigenvalue weighted by Crippen LogP contribution is 2.23. The van der Waals surface area contributed by atoms with E-state index >= 15 is 0 Å². The first-order valence-corrected chi connectivity index (χ1v) is 9.15. The second-order valence-corrected chi connectivity index (χ2v) is 7.25. The number of amides is 1. The number of benzene rings is 1. The van der Waals surface area contributed by atoms with Crippen molar-refractivity contribution in [3.8, 4) is 0 Å². The minimum absolute atomic E-state index is 0.0298. The molecule has 0 fully saturated rings. The monoisotopic (exact) mass is 386 g/mol. The molecule has 9 heteroatoms. The maximum atomic E-state index is 12.5. The van der Waals surface area contributed by atoms with Crippen molar-refractivity contribution < 1.29 is 18.0 Å². The number of nitrogens with one attached hydrogen (secondary N) is 1. The van der Waals surface area contributed by atoms with E-state index in [0.717, 1.165) is 34.6 Å². The SMILES string of the molecule is CC(C)CC(NC(=O)CSc1nncn1CC(F)(F)F)c1ccccc1. The summed E-state index contributed by atoms with van der Waals surface area (Å²) in [5, 5.41) is 10.2.